The van der Waals surface area contributed by atoms with Gasteiger partial charge in [-0.25, -0.2) is 9.59 Å². The highest BCUT2D eigenvalue weighted by Crippen LogP contribution is 2.11. The van der Waals surface area contributed by atoms with E-state index < -0.39 is 0 Å². The van der Waals surface area contributed by atoms with Gasteiger partial charge in [-0.3, -0.25) is 4.79 Å². The number of rotatable bonds is 0. The van der Waals surface area contributed by atoms with Crippen molar-refractivity contribution in [2.24, 2.45) is 11.1 Å². The maximum atomic E-state index is 10.5. The summed E-state index contributed by atoms with van der Waals surface area (Å²) in [6.07, 6.45) is 2.98. The van der Waals surface area contributed by atoms with E-state index in [0.717, 1.165) is 30.8 Å². The van der Waals surface area contributed by atoms with Gasteiger partial charge in [0.15, 0.2) is 0 Å². The molecule has 10 nitrogen and oxygen atoms in total. The van der Waals surface area contributed by atoms with Gasteiger partial charge in [0.2, 0.25) is 0 Å². The number of cyclic esters (lactones) is 2. The summed E-state index contributed by atoms with van der Waals surface area (Å²) in [6.45, 7) is 12.8. The lowest BCUT2D eigenvalue weighted by Crippen LogP contribution is -2.18. The lowest BCUT2D eigenvalue weighted by molar-refractivity contribution is -0.165. The molecule has 2 fully saturated rings. The number of hydrogen-bond acceptors (Lipinski definition) is 9. The Morgan fingerprint density at radius 2 is 1.61 bits per heavy atom. The third kappa shape index (κ3) is 9.82. The quantitative estimate of drug-likeness (QED) is 0.528. The summed E-state index contributed by atoms with van der Waals surface area (Å²) in [5.41, 5.74) is 1.82. The number of oxime groups is 1. The monoisotopic (exact) mass is 441 g/mol. The molecule has 176 valence electrons. The molecule has 0 aliphatic carbocycles. The Bertz CT molecular complexity index is 679. The van der Waals surface area contributed by atoms with Gasteiger partial charge >= 0.3 is 18.0 Å². The normalized spacial score (nSPS) is 29.0. The first-order chi connectivity index (χ1) is 14.4. The van der Waals surface area contributed by atoms with E-state index in [1.165, 1.54) is 0 Å². The van der Waals surface area contributed by atoms with Crippen LogP contribution in [0.25, 0.3) is 0 Å². The molecule has 2 saturated heterocycles. The Kier molecular flexibility index (Phi) is 10.5. The maximum Gasteiger partial charge on any atom is 0.409 e. The van der Waals surface area contributed by atoms with Crippen LogP contribution in [0, 0.1) is 5.92 Å². The number of likely N-dealkylation sites (N-methyl/N-ethyl adjacent to an activating group) is 1. The van der Waals surface area contributed by atoms with Gasteiger partial charge in [0.25, 0.3) is 0 Å². The van der Waals surface area contributed by atoms with Crippen molar-refractivity contribution in [1.82, 2.24) is 9.96 Å². The second-order valence-electron chi connectivity index (χ2n) is 8.10. The largest absolute Gasteiger partial charge is 0.455 e. The fourth-order valence-corrected chi connectivity index (χ4v) is 2.89. The van der Waals surface area contributed by atoms with E-state index in [0.29, 0.717) is 6.10 Å². The van der Waals surface area contributed by atoms with Crippen molar-refractivity contribution in [2.45, 2.75) is 66.3 Å². The van der Waals surface area contributed by atoms with Crippen molar-refractivity contribution in [1.29, 1.82) is 0 Å². The van der Waals surface area contributed by atoms with Crippen LogP contribution in [0.4, 0.5) is 4.79 Å². The highest BCUT2D eigenvalue weighted by atomic mass is 16.7. The molecule has 4 rings (SSSR count). The van der Waals surface area contributed by atoms with Gasteiger partial charge < -0.3 is 24.0 Å². The second-order valence-corrected chi connectivity index (χ2v) is 8.10. The Balaban J connectivity index is 0.000000207. The first kappa shape index (κ1) is 26.4. The van der Waals surface area contributed by atoms with Crippen LogP contribution in [0.3, 0.4) is 0 Å². The van der Waals surface area contributed by atoms with Crippen LogP contribution in [-0.4, -0.2) is 79.2 Å². The molecule has 1 amide bonds. The minimum atomic E-state index is -0.211. The number of carbonyl (C=O) groups is 3. The smallest absolute Gasteiger partial charge is 0.409 e. The topological polar surface area (TPSA) is 107 Å². The SMILES string of the molecule is CC1=CC(C)OC1=O.CC1=NOC(C)C1.CC1CN(C)C(=O)O1.CC1CN(C)OC1=O. The predicted molar refractivity (Wildman–Crippen MR) is 114 cm³/mol. The van der Waals surface area contributed by atoms with E-state index in [2.05, 4.69) is 9.99 Å². The Morgan fingerprint density at radius 1 is 0.968 bits per heavy atom. The van der Waals surface area contributed by atoms with Crippen LogP contribution in [0.1, 0.15) is 48.0 Å². The molecule has 4 unspecified atom stereocenters. The third-order valence-electron chi connectivity index (χ3n) is 4.39. The molecule has 10 heteroatoms. The van der Waals surface area contributed by atoms with E-state index in [1.807, 2.05) is 40.7 Å². The first-order valence-corrected chi connectivity index (χ1v) is 10.3. The molecule has 4 aliphatic heterocycles. The molecule has 0 N–H and O–H groups in total. The van der Waals surface area contributed by atoms with Gasteiger partial charge in [-0.2, -0.15) is 0 Å². The van der Waals surface area contributed by atoms with Crippen molar-refractivity contribution in [2.75, 3.05) is 27.2 Å². The van der Waals surface area contributed by atoms with Crippen LogP contribution in [0.2, 0.25) is 0 Å². The van der Waals surface area contributed by atoms with Gasteiger partial charge in [0.1, 0.15) is 18.3 Å². The van der Waals surface area contributed by atoms with Gasteiger partial charge in [0.05, 0.1) is 18.2 Å². The molecule has 0 aromatic carbocycles. The zero-order valence-corrected chi connectivity index (χ0v) is 19.7. The third-order valence-corrected chi connectivity index (χ3v) is 4.39. The minimum absolute atomic E-state index is 0.0116. The van der Waals surface area contributed by atoms with E-state index in [4.69, 9.17) is 14.3 Å². The summed E-state index contributed by atoms with van der Waals surface area (Å²) in [7, 11) is 3.48. The number of amides is 1. The number of carbonyl (C=O) groups excluding carboxylic acids is 3. The molecule has 4 heterocycles. The molecular weight excluding hydrogens is 406 g/mol. The van der Waals surface area contributed by atoms with Gasteiger partial charge in [-0.1, -0.05) is 12.1 Å². The average molecular weight is 442 g/mol. The Morgan fingerprint density at radius 3 is 1.74 bits per heavy atom. The molecule has 0 aromatic rings. The van der Waals surface area contributed by atoms with Crippen LogP contribution in [0.15, 0.2) is 16.8 Å². The molecule has 0 radical (unpaired) electrons. The number of ether oxygens (including phenoxy) is 2. The number of nitrogens with zero attached hydrogens (tertiary/aromatic N) is 3. The number of hydroxylamine groups is 2. The summed E-state index contributed by atoms with van der Waals surface area (Å²) >= 11 is 0. The van der Waals surface area contributed by atoms with Crippen molar-refractivity contribution in [3.05, 3.63) is 11.6 Å². The van der Waals surface area contributed by atoms with Crippen LogP contribution >= 0.6 is 0 Å². The molecule has 4 aliphatic rings. The van der Waals surface area contributed by atoms with E-state index >= 15 is 0 Å². The molecule has 4 atom stereocenters. The van der Waals surface area contributed by atoms with E-state index in [-0.39, 0.29) is 36.2 Å². The molecule has 31 heavy (non-hydrogen) atoms. The molecule has 0 saturated carbocycles. The van der Waals surface area contributed by atoms with E-state index in [9.17, 15) is 14.4 Å². The molecule has 0 spiro atoms. The fraction of sp³-hybridized carbons (Fsp3) is 0.714. The summed E-state index contributed by atoms with van der Waals surface area (Å²) in [6, 6.07) is 0. The van der Waals surface area contributed by atoms with Crippen LogP contribution in [-0.2, 0) is 28.7 Å². The standard InChI is InChI=1S/C6H8O2.2C5H9NO2.C5H9NO/c1-4-3-5(2)8-6(4)7;1-4-3-6(2)5(7)8-4;1-4-3-6(2)8-5(4)7;1-4-3-5(2)7-6-4/h3,5H,1-2H3;2*4H,3H2,1-2H3;5H,3H2,1-2H3. The molecule has 0 aromatic heterocycles. The van der Waals surface area contributed by atoms with Crippen molar-refractivity contribution < 1.29 is 33.5 Å². The summed E-state index contributed by atoms with van der Waals surface area (Å²) < 4.78 is 9.50. The molecule has 0 bridgehead atoms. The molecular formula is C21H35N3O7. The predicted octanol–water partition coefficient (Wildman–Crippen LogP) is 2.53. The van der Waals surface area contributed by atoms with Crippen molar-refractivity contribution >= 4 is 23.7 Å². The highest BCUT2D eigenvalue weighted by molar-refractivity contribution is 5.90. The number of esters is 1. The van der Waals surface area contributed by atoms with Gasteiger partial charge in [0, 0.05) is 32.6 Å². The van der Waals surface area contributed by atoms with Crippen molar-refractivity contribution in [3.63, 3.8) is 0 Å². The Hall–Kier alpha value is -2.62. The summed E-state index contributed by atoms with van der Waals surface area (Å²) in [5.74, 6) is -0.245. The maximum absolute atomic E-state index is 10.5. The Labute approximate surface area is 184 Å². The summed E-state index contributed by atoms with van der Waals surface area (Å²) in [5, 5.41) is 5.28. The average Bonchev–Trinajstić information content (AvgIpc) is 3.34. The summed E-state index contributed by atoms with van der Waals surface area (Å²) in [4.78, 5) is 42.6. The number of hydrogen-bond donors (Lipinski definition) is 0. The highest BCUT2D eigenvalue weighted by Gasteiger charge is 2.26. The minimum Gasteiger partial charge on any atom is -0.455 e. The lowest BCUT2D eigenvalue weighted by Gasteiger charge is -2.00. The van der Waals surface area contributed by atoms with Crippen molar-refractivity contribution in [3.8, 4) is 0 Å². The zero-order chi connectivity index (χ0) is 23.7. The zero-order valence-electron chi connectivity index (χ0n) is 19.7. The lowest BCUT2D eigenvalue weighted by atomic mass is 10.2. The fourth-order valence-electron chi connectivity index (χ4n) is 2.89. The van der Waals surface area contributed by atoms with Crippen LogP contribution in [0.5, 0.6) is 0 Å². The van der Waals surface area contributed by atoms with Crippen LogP contribution < -0.4 is 0 Å². The van der Waals surface area contributed by atoms with Gasteiger partial charge in [-0.05, 0) is 40.7 Å². The van der Waals surface area contributed by atoms with E-state index in [1.54, 1.807) is 31.0 Å². The first-order valence-electron chi connectivity index (χ1n) is 10.3. The second kappa shape index (κ2) is 12.3. The van der Waals surface area contributed by atoms with Gasteiger partial charge in [-0.15, -0.1) is 5.06 Å².